The zero-order valence-electron chi connectivity index (χ0n) is 11.8. The summed E-state index contributed by atoms with van der Waals surface area (Å²) in [4.78, 5) is 12.1. The van der Waals surface area contributed by atoms with Gasteiger partial charge in [0, 0.05) is 11.3 Å². The highest BCUT2D eigenvalue weighted by Crippen LogP contribution is 2.16. The van der Waals surface area contributed by atoms with E-state index in [0.717, 1.165) is 5.56 Å². The van der Waals surface area contributed by atoms with E-state index in [-0.39, 0.29) is 12.5 Å². The maximum absolute atomic E-state index is 12.1. The molecule has 0 heterocycles. The number of hydrogen-bond acceptors (Lipinski definition) is 2. The summed E-state index contributed by atoms with van der Waals surface area (Å²) in [5.41, 5.74) is 3.31. The topological polar surface area (TPSA) is 49.3 Å². The lowest BCUT2D eigenvalue weighted by atomic mass is 10.0. The molecule has 0 saturated heterocycles. The van der Waals surface area contributed by atoms with Crippen molar-refractivity contribution in [1.82, 2.24) is 0 Å². The number of carbonyl (C=O) groups excluding carboxylic acids is 1. The first-order valence-electron chi connectivity index (χ1n) is 6.71. The summed E-state index contributed by atoms with van der Waals surface area (Å²) < 4.78 is 0. The van der Waals surface area contributed by atoms with Crippen LogP contribution in [0.1, 0.15) is 41.3 Å². The number of rotatable bonds is 4. The van der Waals surface area contributed by atoms with Gasteiger partial charge in [0.15, 0.2) is 0 Å². The Kier molecular flexibility index (Phi) is 4.53. The minimum absolute atomic E-state index is 0.0349. The minimum Gasteiger partial charge on any atom is -0.392 e. The fourth-order valence-corrected chi connectivity index (χ4v) is 1.97. The molecule has 20 heavy (non-hydrogen) atoms. The van der Waals surface area contributed by atoms with E-state index >= 15 is 0 Å². The van der Waals surface area contributed by atoms with E-state index < -0.39 is 0 Å². The summed E-state index contributed by atoms with van der Waals surface area (Å²) in [6.07, 6.45) is 0. The lowest BCUT2D eigenvalue weighted by Gasteiger charge is -2.08. The summed E-state index contributed by atoms with van der Waals surface area (Å²) in [6, 6.07) is 14.8. The molecule has 0 aliphatic carbocycles. The second kappa shape index (κ2) is 6.35. The molecule has 1 amide bonds. The average Bonchev–Trinajstić information content (AvgIpc) is 2.47. The van der Waals surface area contributed by atoms with Crippen LogP contribution in [0.4, 0.5) is 5.69 Å². The number of amides is 1. The smallest absolute Gasteiger partial charge is 0.255 e. The average molecular weight is 269 g/mol. The molecule has 0 saturated carbocycles. The van der Waals surface area contributed by atoms with Gasteiger partial charge >= 0.3 is 0 Å². The van der Waals surface area contributed by atoms with Gasteiger partial charge in [-0.25, -0.2) is 0 Å². The number of hydrogen-bond donors (Lipinski definition) is 2. The van der Waals surface area contributed by atoms with Crippen molar-refractivity contribution in [2.45, 2.75) is 26.4 Å². The van der Waals surface area contributed by atoms with Gasteiger partial charge in [0.25, 0.3) is 5.91 Å². The van der Waals surface area contributed by atoms with Gasteiger partial charge in [-0.1, -0.05) is 38.1 Å². The molecule has 0 aromatic heterocycles. The van der Waals surface area contributed by atoms with Crippen molar-refractivity contribution < 1.29 is 9.90 Å². The third-order valence-electron chi connectivity index (χ3n) is 3.21. The van der Waals surface area contributed by atoms with Crippen molar-refractivity contribution in [1.29, 1.82) is 0 Å². The van der Waals surface area contributed by atoms with Gasteiger partial charge in [0.05, 0.1) is 6.61 Å². The minimum atomic E-state index is -0.143. The zero-order chi connectivity index (χ0) is 14.5. The van der Waals surface area contributed by atoms with Crippen molar-refractivity contribution >= 4 is 11.6 Å². The third-order valence-corrected chi connectivity index (χ3v) is 3.21. The Morgan fingerprint density at radius 2 is 1.85 bits per heavy atom. The maximum atomic E-state index is 12.1. The number of anilines is 1. The molecule has 3 heteroatoms. The van der Waals surface area contributed by atoms with Crippen LogP contribution in [0.2, 0.25) is 0 Å². The Morgan fingerprint density at radius 1 is 1.15 bits per heavy atom. The van der Waals surface area contributed by atoms with Crippen LogP contribution < -0.4 is 5.32 Å². The van der Waals surface area contributed by atoms with Crippen LogP contribution >= 0.6 is 0 Å². The molecule has 2 aromatic carbocycles. The van der Waals surface area contributed by atoms with Crippen molar-refractivity contribution in [2.75, 3.05) is 5.32 Å². The Morgan fingerprint density at radius 3 is 2.45 bits per heavy atom. The summed E-state index contributed by atoms with van der Waals surface area (Å²) in [5, 5.41) is 11.9. The highest BCUT2D eigenvalue weighted by molar-refractivity contribution is 6.04. The molecule has 3 nitrogen and oxygen atoms in total. The molecular weight excluding hydrogens is 250 g/mol. The highest BCUT2D eigenvalue weighted by atomic mass is 16.3. The quantitative estimate of drug-likeness (QED) is 0.891. The van der Waals surface area contributed by atoms with Gasteiger partial charge in [0.1, 0.15) is 0 Å². The fraction of sp³-hybridized carbons (Fsp3) is 0.235. The molecule has 104 valence electrons. The zero-order valence-corrected chi connectivity index (χ0v) is 11.8. The largest absolute Gasteiger partial charge is 0.392 e. The Labute approximate surface area is 119 Å². The van der Waals surface area contributed by atoms with Crippen LogP contribution in [0.25, 0.3) is 0 Å². The fourth-order valence-electron chi connectivity index (χ4n) is 1.97. The van der Waals surface area contributed by atoms with Crippen LogP contribution in [0.3, 0.4) is 0 Å². The molecule has 0 aliphatic rings. The van der Waals surface area contributed by atoms with E-state index in [1.165, 1.54) is 5.56 Å². The van der Waals surface area contributed by atoms with E-state index in [2.05, 4.69) is 19.2 Å². The molecule has 0 atom stereocenters. The van der Waals surface area contributed by atoms with Gasteiger partial charge in [-0.15, -0.1) is 0 Å². The van der Waals surface area contributed by atoms with Crippen LogP contribution in [0.15, 0.2) is 48.5 Å². The van der Waals surface area contributed by atoms with Gasteiger partial charge in [-0.2, -0.15) is 0 Å². The maximum Gasteiger partial charge on any atom is 0.255 e. The number of benzene rings is 2. The van der Waals surface area contributed by atoms with E-state index in [4.69, 9.17) is 5.11 Å². The van der Waals surface area contributed by atoms with Crippen molar-refractivity contribution in [2.24, 2.45) is 0 Å². The lowest BCUT2D eigenvalue weighted by molar-refractivity contribution is 0.102. The van der Waals surface area contributed by atoms with E-state index in [1.807, 2.05) is 36.4 Å². The molecule has 0 bridgehead atoms. The summed E-state index contributed by atoms with van der Waals surface area (Å²) in [5.74, 6) is 0.309. The standard InChI is InChI=1S/C17H19NO2/c1-12(2)14-6-8-15(9-7-14)17(20)18-16-5-3-4-13(10-16)11-19/h3-10,12,19H,11H2,1-2H3,(H,18,20). The molecule has 0 spiro atoms. The number of nitrogens with one attached hydrogen (secondary N) is 1. The predicted octanol–water partition coefficient (Wildman–Crippen LogP) is 3.55. The molecule has 0 aliphatic heterocycles. The Hall–Kier alpha value is -2.13. The Balaban J connectivity index is 2.11. The summed E-state index contributed by atoms with van der Waals surface area (Å²) in [7, 11) is 0. The second-order valence-corrected chi connectivity index (χ2v) is 5.09. The predicted molar refractivity (Wildman–Crippen MR) is 80.8 cm³/mol. The number of aliphatic hydroxyl groups excluding tert-OH is 1. The SMILES string of the molecule is CC(C)c1ccc(C(=O)Nc2cccc(CO)c2)cc1. The van der Waals surface area contributed by atoms with E-state index in [9.17, 15) is 4.79 Å². The van der Waals surface area contributed by atoms with E-state index in [1.54, 1.807) is 12.1 Å². The molecule has 0 radical (unpaired) electrons. The number of carbonyl (C=O) groups is 1. The van der Waals surface area contributed by atoms with Crippen molar-refractivity contribution in [3.8, 4) is 0 Å². The van der Waals surface area contributed by atoms with Crippen LogP contribution in [0, 0.1) is 0 Å². The molecule has 0 unspecified atom stereocenters. The van der Waals surface area contributed by atoms with Crippen LogP contribution in [-0.2, 0) is 6.61 Å². The summed E-state index contributed by atoms with van der Waals surface area (Å²) in [6.45, 7) is 4.21. The Bertz CT molecular complexity index is 588. The second-order valence-electron chi connectivity index (χ2n) is 5.09. The number of aliphatic hydroxyl groups is 1. The van der Waals surface area contributed by atoms with Crippen LogP contribution in [-0.4, -0.2) is 11.0 Å². The van der Waals surface area contributed by atoms with Gasteiger partial charge in [0.2, 0.25) is 0 Å². The molecule has 2 N–H and O–H groups in total. The first-order chi connectivity index (χ1) is 9.60. The van der Waals surface area contributed by atoms with Crippen molar-refractivity contribution in [3.05, 3.63) is 65.2 Å². The van der Waals surface area contributed by atoms with Crippen molar-refractivity contribution in [3.63, 3.8) is 0 Å². The first-order valence-corrected chi connectivity index (χ1v) is 6.71. The monoisotopic (exact) mass is 269 g/mol. The van der Waals surface area contributed by atoms with Crippen LogP contribution in [0.5, 0.6) is 0 Å². The third kappa shape index (κ3) is 3.45. The first kappa shape index (κ1) is 14.3. The van der Waals surface area contributed by atoms with Gasteiger partial charge in [-0.3, -0.25) is 4.79 Å². The normalized spacial score (nSPS) is 10.6. The highest BCUT2D eigenvalue weighted by Gasteiger charge is 2.07. The van der Waals surface area contributed by atoms with Gasteiger partial charge < -0.3 is 10.4 Å². The molecule has 0 fully saturated rings. The molecule has 2 aromatic rings. The van der Waals surface area contributed by atoms with Gasteiger partial charge in [-0.05, 0) is 41.3 Å². The molecule has 2 rings (SSSR count). The molecular formula is C17H19NO2. The summed E-state index contributed by atoms with van der Waals surface area (Å²) >= 11 is 0. The lowest BCUT2D eigenvalue weighted by Crippen LogP contribution is -2.12. The van der Waals surface area contributed by atoms with E-state index in [0.29, 0.717) is 17.2 Å².